The number of likely N-dealkylation sites (tertiary alicyclic amines) is 2. The van der Waals surface area contributed by atoms with E-state index in [1.807, 2.05) is 4.90 Å². The van der Waals surface area contributed by atoms with E-state index in [0.29, 0.717) is 31.9 Å². The molecule has 2 heterocycles. The molecule has 1 aromatic carbocycles. The molecule has 0 aliphatic carbocycles. The van der Waals surface area contributed by atoms with Crippen molar-refractivity contribution < 1.29 is 18.8 Å². The number of nitrogens with zero attached hydrogens (tertiary/aromatic N) is 2. The summed E-state index contributed by atoms with van der Waals surface area (Å²) in [5.41, 5.74) is 0.0165. The van der Waals surface area contributed by atoms with Crippen molar-refractivity contribution in [3.8, 4) is 0 Å². The van der Waals surface area contributed by atoms with E-state index in [0.717, 1.165) is 6.42 Å². The third-order valence-corrected chi connectivity index (χ3v) is 5.36. The third kappa shape index (κ3) is 4.44. The number of carbonyl (C=O) groups is 3. The van der Waals surface area contributed by atoms with Crippen LogP contribution in [0.15, 0.2) is 24.3 Å². The fourth-order valence-electron chi connectivity index (χ4n) is 4.18. The number of hydrogen-bond acceptors (Lipinski definition) is 4. The maximum Gasteiger partial charge on any atom is 0.238 e. The molecule has 146 valence electrons. The summed E-state index contributed by atoms with van der Waals surface area (Å²) < 4.78 is 13.0. The Kier molecular flexibility index (Phi) is 5.46. The van der Waals surface area contributed by atoms with Crippen LogP contribution in [0, 0.1) is 11.7 Å². The number of halogens is 1. The highest BCUT2D eigenvalue weighted by atomic mass is 19.1. The van der Waals surface area contributed by atoms with Crippen LogP contribution in [0.2, 0.25) is 0 Å². The molecule has 8 heteroatoms. The fourth-order valence-corrected chi connectivity index (χ4v) is 4.18. The van der Waals surface area contributed by atoms with Gasteiger partial charge >= 0.3 is 0 Å². The summed E-state index contributed by atoms with van der Waals surface area (Å²) in [6, 6.07) is 5.61. The van der Waals surface area contributed by atoms with Gasteiger partial charge in [0.2, 0.25) is 17.7 Å². The van der Waals surface area contributed by atoms with Gasteiger partial charge in [0.15, 0.2) is 0 Å². The second-order valence-corrected chi connectivity index (χ2v) is 7.49. The molecule has 0 aromatic heterocycles. The van der Waals surface area contributed by atoms with Crippen LogP contribution in [0.4, 0.5) is 10.1 Å². The van der Waals surface area contributed by atoms with Gasteiger partial charge in [-0.1, -0.05) is 0 Å². The third-order valence-electron chi connectivity index (χ3n) is 5.36. The van der Waals surface area contributed by atoms with Crippen molar-refractivity contribution >= 4 is 23.4 Å². The Morgan fingerprint density at radius 3 is 2.52 bits per heavy atom. The van der Waals surface area contributed by atoms with Crippen LogP contribution in [0.3, 0.4) is 0 Å². The number of hydrogen-bond donors (Lipinski definition) is 2. The lowest BCUT2D eigenvalue weighted by Gasteiger charge is -2.44. The van der Waals surface area contributed by atoms with Gasteiger partial charge in [0.25, 0.3) is 0 Å². The molecule has 1 aromatic rings. The normalized spacial score (nSPS) is 25.0. The van der Waals surface area contributed by atoms with E-state index in [4.69, 9.17) is 0 Å². The smallest absolute Gasteiger partial charge is 0.238 e. The average Bonchev–Trinajstić information content (AvgIpc) is 2.94. The number of benzene rings is 1. The molecule has 0 unspecified atom stereocenters. The van der Waals surface area contributed by atoms with E-state index >= 15 is 0 Å². The van der Waals surface area contributed by atoms with Gasteiger partial charge in [-0.25, -0.2) is 4.39 Å². The number of piperidine rings is 1. The van der Waals surface area contributed by atoms with Crippen molar-refractivity contribution in [2.45, 2.75) is 25.8 Å². The summed E-state index contributed by atoms with van der Waals surface area (Å²) in [5.74, 6) is -0.512. The van der Waals surface area contributed by atoms with Gasteiger partial charge in [0, 0.05) is 45.1 Å². The Hall–Kier alpha value is -2.48. The molecule has 2 fully saturated rings. The molecule has 2 atom stereocenters. The first-order valence-electron chi connectivity index (χ1n) is 9.09. The predicted molar refractivity (Wildman–Crippen MR) is 98.4 cm³/mol. The molecule has 3 rings (SSSR count). The van der Waals surface area contributed by atoms with Crippen LogP contribution < -0.4 is 10.6 Å². The van der Waals surface area contributed by atoms with Crippen LogP contribution >= 0.6 is 0 Å². The number of carbonyl (C=O) groups excluding carboxylic acids is 3. The maximum atomic E-state index is 13.0. The first-order chi connectivity index (χ1) is 12.8. The number of rotatable bonds is 4. The Balaban J connectivity index is 1.65. The topological polar surface area (TPSA) is 81.8 Å². The largest absolute Gasteiger partial charge is 0.347 e. The molecule has 7 nitrogen and oxygen atoms in total. The van der Waals surface area contributed by atoms with Gasteiger partial charge < -0.3 is 15.5 Å². The van der Waals surface area contributed by atoms with Crippen molar-refractivity contribution in [1.29, 1.82) is 0 Å². The highest BCUT2D eigenvalue weighted by Crippen LogP contribution is 2.35. The molecule has 0 radical (unpaired) electrons. The van der Waals surface area contributed by atoms with E-state index < -0.39 is 5.54 Å². The van der Waals surface area contributed by atoms with Gasteiger partial charge in [-0.15, -0.1) is 0 Å². The van der Waals surface area contributed by atoms with Crippen molar-refractivity contribution in [2.24, 2.45) is 5.92 Å². The zero-order chi connectivity index (χ0) is 19.6. The summed E-state index contributed by atoms with van der Waals surface area (Å²) in [7, 11) is 0. The van der Waals surface area contributed by atoms with E-state index in [1.54, 1.807) is 4.90 Å². The van der Waals surface area contributed by atoms with Crippen molar-refractivity contribution in [3.05, 3.63) is 30.1 Å². The van der Waals surface area contributed by atoms with Crippen molar-refractivity contribution in [3.63, 3.8) is 0 Å². The Bertz CT molecular complexity index is 739. The molecule has 2 aliphatic rings. The van der Waals surface area contributed by atoms with E-state index in [1.165, 1.54) is 38.1 Å². The molecule has 0 bridgehead atoms. The number of fused-ring (bicyclic) bond motifs is 1. The second kappa shape index (κ2) is 7.64. The van der Waals surface area contributed by atoms with E-state index in [-0.39, 0.29) is 36.0 Å². The maximum absolute atomic E-state index is 13.0. The monoisotopic (exact) mass is 376 g/mol. The molecular weight excluding hydrogens is 351 g/mol. The van der Waals surface area contributed by atoms with Crippen LogP contribution in [-0.4, -0.2) is 65.8 Å². The zero-order valence-electron chi connectivity index (χ0n) is 15.6. The molecule has 27 heavy (non-hydrogen) atoms. The van der Waals surface area contributed by atoms with Crippen molar-refractivity contribution in [1.82, 2.24) is 15.1 Å². The van der Waals surface area contributed by atoms with E-state index in [2.05, 4.69) is 10.6 Å². The van der Waals surface area contributed by atoms with Crippen LogP contribution in [0.25, 0.3) is 0 Å². The highest BCUT2D eigenvalue weighted by molar-refractivity contribution is 5.92. The van der Waals surface area contributed by atoms with Crippen LogP contribution in [0.1, 0.15) is 20.3 Å². The van der Waals surface area contributed by atoms with Gasteiger partial charge in [0.05, 0.1) is 12.1 Å². The van der Waals surface area contributed by atoms with Crippen molar-refractivity contribution in [2.75, 3.05) is 38.0 Å². The highest BCUT2D eigenvalue weighted by Gasteiger charge is 2.51. The van der Waals surface area contributed by atoms with Gasteiger partial charge in [-0.2, -0.15) is 0 Å². The van der Waals surface area contributed by atoms with E-state index in [9.17, 15) is 18.8 Å². The lowest BCUT2D eigenvalue weighted by Crippen LogP contribution is -2.64. The molecule has 2 N–H and O–H groups in total. The molecule has 0 saturated carbocycles. The minimum atomic E-state index is -0.522. The Morgan fingerprint density at radius 2 is 1.89 bits per heavy atom. The number of anilines is 1. The lowest BCUT2D eigenvalue weighted by molar-refractivity contribution is -0.129. The van der Waals surface area contributed by atoms with Crippen LogP contribution in [-0.2, 0) is 14.4 Å². The van der Waals surface area contributed by atoms with Gasteiger partial charge in [-0.05, 0) is 37.2 Å². The minimum absolute atomic E-state index is 0.00488. The minimum Gasteiger partial charge on any atom is -0.347 e. The SMILES string of the molecule is CC(=O)N[C@@]12CN(CC(=O)Nc3ccc(F)cc3)CC[C@@H]1CN(C(C)=O)C2. The quantitative estimate of drug-likeness (QED) is 0.815. The summed E-state index contributed by atoms with van der Waals surface area (Å²) >= 11 is 0. The van der Waals surface area contributed by atoms with Crippen LogP contribution in [0.5, 0.6) is 0 Å². The molecule has 3 amide bonds. The zero-order valence-corrected chi connectivity index (χ0v) is 15.6. The van der Waals surface area contributed by atoms with Gasteiger partial charge in [-0.3, -0.25) is 19.3 Å². The molecule has 2 aliphatic heterocycles. The Morgan fingerprint density at radius 1 is 1.19 bits per heavy atom. The summed E-state index contributed by atoms with van der Waals surface area (Å²) in [5, 5.41) is 5.81. The first kappa shape index (κ1) is 19.3. The second-order valence-electron chi connectivity index (χ2n) is 7.49. The molecular formula is C19H25FN4O3. The predicted octanol–water partition coefficient (Wildman–Crippen LogP) is 0.823. The first-order valence-corrected chi connectivity index (χ1v) is 9.09. The standard InChI is InChI=1S/C19H25FN4O3/c1-13(25)22-19-11-23(8-7-15(19)9-24(12-19)14(2)26)10-18(27)21-17-5-3-16(20)4-6-17/h3-6,15H,7-12H2,1-2H3,(H,21,27)(H,22,25)/t15-,19-/m1/s1. The lowest BCUT2D eigenvalue weighted by atomic mass is 9.81. The molecule has 2 saturated heterocycles. The fraction of sp³-hybridized carbons (Fsp3) is 0.526. The van der Waals surface area contributed by atoms with Gasteiger partial charge in [0.1, 0.15) is 5.82 Å². The summed E-state index contributed by atoms with van der Waals surface area (Å²) in [6.45, 7) is 5.50. The Labute approximate surface area is 157 Å². The summed E-state index contributed by atoms with van der Waals surface area (Å²) in [6.07, 6.45) is 0.799. The number of nitrogens with one attached hydrogen (secondary N) is 2. The molecule has 0 spiro atoms. The summed E-state index contributed by atoms with van der Waals surface area (Å²) in [4.78, 5) is 39.7. The number of amides is 3. The average molecular weight is 376 g/mol.